The summed E-state index contributed by atoms with van der Waals surface area (Å²) in [5, 5.41) is 19.6. The first-order chi connectivity index (χ1) is 8.49. The number of hydrogen-bond acceptors (Lipinski definition) is 3. The van der Waals surface area contributed by atoms with Gasteiger partial charge in [0.15, 0.2) is 0 Å². The second-order valence-electron chi connectivity index (χ2n) is 4.23. The van der Waals surface area contributed by atoms with Gasteiger partial charge in [0.25, 0.3) is 0 Å². The van der Waals surface area contributed by atoms with Crippen molar-refractivity contribution in [2.75, 3.05) is 0 Å². The van der Waals surface area contributed by atoms with Crippen LogP contribution in [0.2, 0.25) is 0 Å². The fourth-order valence-corrected chi connectivity index (χ4v) is 2.45. The minimum atomic E-state index is -1.13. The highest BCUT2D eigenvalue weighted by Gasteiger charge is 2.25. The van der Waals surface area contributed by atoms with Crippen molar-refractivity contribution in [1.29, 1.82) is 0 Å². The highest BCUT2D eigenvalue weighted by Crippen LogP contribution is 2.35. The summed E-state index contributed by atoms with van der Waals surface area (Å²) in [6, 6.07) is 4.00. The number of rotatable bonds is 3. The number of phenolic OH excluding ortho intramolecular Hbond substituents is 1. The Balaban J connectivity index is 2.87. The molecule has 0 spiro atoms. The lowest BCUT2D eigenvalue weighted by molar-refractivity contribution is -0.138. The molecule has 0 aliphatic carbocycles. The van der Waals surface area contributed by atoms with Crippen molar-refractivity contribution in [3.8, 4) is 5.75 Å². The van der Waals surface area contributed by atoms with Crippen molar-refractivity contribution in [3.63, 3.8) is 0 Å². The number of benzene rings is 1. The first-order valence-corrected chi connectivity index (χ1v) is 5.78. The number of aryl methyl sites for hydroxylation is 1. The average molecular weight is 248 g/mol. The molecule has 5 heteroatoms. The second-order valence-corrected chi connectivity index (χ2v) is 4.23. The maximum absolute atomic E-state index is 11.1. The van der Waals surface area contributed by atoms with Gasteiger partial charge in [-0.3, -0.25) is 4.79 Å². The Kier molecular flexibility index (Phi) is 3.00. The summed E-state index contributed by atoms with van der Waals surface area (Å²) >= 11 is 0. The highest BCUT2D eigenvalue weighted by molar-refractivity contribution is 5.95. The van der Waals surface area contributed by atoms with Crippen molar-refractivity contribution >= 4 is 16.9 Å². The lowest BCUT2D eigenvalue weighted by Crippen LogP contribution is -2.21. The number of fused-ring (bicyclic) bond motifs is 1. The van der Waals surface area contributed by atoms with E-state index in [1.165, 1.54) is 0 Å². The van der Waals surface area contributed by atoms with Crippen LogP contribution in [-0.2, 0) is 11.3 Å². The van der Waals surface area contributed by atoms with Gasteiger partial charge in [-0.2, -0.15) is 0 Å². The zero-order valence-corrected chi connectivity index (χ0v) is 10.3. The van der Waals surface area contributed by atoms with Gasteiger partial charge in [0.05, 0.1) is 5.52 Å². The molecule has 1 aromatic heterocycles. The van der Waals surface area contributed by atoms with E-state index >= 15 is 0 Å². The molecule has 0 aliphatic rings. The summed E-state index contributed by atoms with van der Waals surface area (Å²) in [5.74, 6) is -1.04. The van der Waals surface area contributed by atoms with E-state index in [9.17, 15) is 9.90 Å². The quantitative estimate of drug-likeness (QED) is 0.772. The first-order valence-electron chi connectivity index (χ1n) is 5.78. The molecular weight excluding hydrogens is 232 g/mol. The van der Waals surface area contributed by atoms with Crippen LogP contribution in [0.4, 0.5) is 0 Å². The Labute approximate surface area is 104 Å². The van der Waals surface area contributed by atoms with Gasteiger partial charge in [-0.25, -0.2) is 0 Å². The number of carbonyl (C=O) groups is 1. The Morgan fingerprint density at radius 1 is 1.50 bits per heavy atom. The summed E-state index contributed by atoms with van der Waals surface area (Å²) in [6.07, 6.45) is 0. The number of nitrogens with zero attached hydrogens (tertiary/aromatic N) is 1. The van der Waals surface area contributed by atoms with E-state index in [0.29, 0.717) is 17.5 Å². The number of nitrogens with two attached hydrogens (primary N) is 1. The maximum Gasteiger partial charge on any atom is 0.325 e. The molecule has 0 amide bonds. The molecule has 0 fully saturated rings. The van der Waals surface area contributed by atoms with E-state index in [1.807, 2.05) is 24.5 Å². The summed E-state index contributed by atoms with van der Waals surface area (Å²) in [7, 11) is 0. The predicted octanol–water partition coefficient (Wildman–Crippen LogP) is 1.76. The van der Waals surface area contributed by atoms with E-state index in [4.69, 9.17) is 10.8 Å². The number of carboxylic acids is 1. The monoisotopic (exact) mass is 248 g/mol. The Hall–Kier alpha value is -2.01. The third-order valence-electron chi connectivity index (χ3n) is 3.27. The average Bonchev–Trinajstić information content (AvgIpc) is 2.61. The van der Waals surface area contributed by atoms with Crippen molar-refractivity contribution in [1.82, 2.24) is 4.57 Å². The Morgan fingerprint density at radius 2 is 2.17 bits per heavy atom. The van der Waals surface area contributed by atoms with Gasteiger partial charge in [-0.05, 0) is 26.0 Å². The van der Waals surface area contributed by atoms with Crippen LogP contribution >= 0.6 is 0 Å². The van der Waals surface area contributed by atoms with Crippen LogP contribution in [0.25, 0.3) is 10.9 Å². The number of aromatic nitrogens is 1. The second kappa shape index (κ2) is 4.34. The largest absolute Gasteiger partial charge is 0.507 e. The number of aromatic hydroxyl groups is 1. The highest BCUT2D eigenvalue weighted by atomic mass is 16.4. The minimum absolute atomic E-state index is 0.0644. The normalized spacial score (nSPS) is 12.8. The lowest BCUT2D eigenvalue weighted by atomic mass is 10.0. The van der Waals surface area contributed by atoms with Gasteiger partial charge >= 0.3 is 5.97 Å². The molecule has 1 atom stereocenters. The standard InChI is InChI=1S/C13H16N2O3/c1-3-15-7(2)10(12(14)13(17)18)11-8(15)5-4-6-9(11)16/h4-6,12,16H,3,14H2,1-2H3,(H,17,18). The van der Waals surface area contributed by atoms with Crippen LogP contribution < -0.4 is 5.73 Å². The van der Waals surface area contributed by atoms with Gasteiger partial charge in [0.2, 0.25) is 0 Å². The molecule has 1 aromatic carbocycles. The molecule has 0 saturated heterocycles. The number of phenols is 1. The zero-order chi connectivity index (χ0) is 13.4. The molecule has 0 saturated carbocycles. The molecule has 0 radical (unpaired) electrons. The van der Waals surface area contributed by atoms with E-state index in [-0.39, 0.29) is 5.75 Å². The van der Waals surface area contributed by atoms with Gasteiger partial charge in [-0.1, -0.05) is 6.07 Å². The van der Waals surface area contributed by atoms with Crippen molar-refractivity contribution < 1.29 is 15.0 Å². The van der Waals surface area contributed by atoms with Crippen LogP contribution in [-0.4, -0.2) is 20.7 Å². The van der Waals surface area contributed by atoms with Crippen molar-refractivity contribution in [3.05, 3.63) is 29.5 Å². The van der Waals surface area contributed by atoms with Crippen molar-refractivity contribution in [2.24, 2.45) is 5.73 Å². The van der Waals surface area contributed by atoms with Crippen LogP contribution in [0.1, 0.15) is 24.2 Å². The third kappa shape index (κ3) is 1.64. The molecule has 0 aliphatic heterocycles. The topological polar surface area (TPSA) is 88.5 Å². The molecule has 0 bridgehead atoms. The summed E-state index contributed by atoms with van der Waals surface area (Å²) in [6.45, 7) is 4.48. The van der Waals surface area contributed by atoms with E-state index < -0.39 is 12.0 Å². The molecule has 2 aromatic rings. The molecule has 4 N–H and O–H groups in total. The third-order valence-corrected chi connectivity index (χ3v) is 3.27. The Morgan fingerprint density at radius 3 is 2.72 bits per heavy atom. The van der Waals surface area contributed by atoms with E-state index in [1.54, 1.807) is 12.1 Å². The van der Waals surface area contributed by atoms with E-state index in [2.05, 4.69) is 0 Å². The van der Waals surface area contributed by atoms with Crippen LogP contribution in [0.3, 0.4) is 0 Å². The molecule has 2 rings (SSSR count). The van der Waals surface area contributed by atoms with Crippen LogP contribution in [0.15, 0.2) is 18.2 Å². The van der Waals surface area contributed by atoms with Crippen molar-refractivity contribution in [2.45, 2.75) is 26.4 Å². The first kappa shape index (κ1) is 12.4. The number of carboxylic acid groups (broad SMARTS) is 1. The molecule has 5 nitrogen and oxygen atoms in total. The fraction of sp³-hybridized carbons (Fsp3) is 0.308. The van der Waals surface area contributed by atoms with Gasteiger partial charge in [0.1, 0.15) is 11.8 Å². The minimum Gasteiger partial charge on any atom is -0.507 e. The molecule has 96 valence electrons. The summed E-state index contributed by atoms with van der Waals surface area (Å²) in [5.41, 5.74) is 7.79. The summed E-state index contributed by atoms with van der Waals surface area (Å²) < 4.78 is 1.95. The van der Waals surface area contributed by atoms with Crippen LogP contribution in [0, 0.1) is 6.92 Å². The molecule has 18 heavy (non-hydrogen) atoms. The van der Waals surface area contributed by atoms with Gasteiger partial charge in [0, 0.05) is 23.2 Å². The zero-order valence-electron chi connectivity index (χ0n) is 10.3. The van der Waals surface area contributed by atoms with Crippen LogP contribution in [0.5, 0.6) is 5.75 Å². The van der Waals surface area contributed by atoms with Gasteiger partial charge < -0.3 is 20.5 Å². The lowest BCUT2D eigenvalue weighted by Gasteiger charge is -2.08. The smallest absolute Gasteiger partial charge is 0.325 e. The number of aliphatic carboxylic acids is 1. The Bertz CT molecular complexity index is 616. The molecular formula is C13H16N2O3. The summed E-state index contributed by atoms with van der Waals surface area (Å²) in [4.78, 5) is 11.1. The maximum atomic E-state index is 11.1. The number of hydrogen-bond donors (Lipinski definition) is 3. The molecule has 1 unspecified atom stereocenters. The van der Waals surface area contributed by atoms with Gasteiger partial charge in [-0.15, -0.1) is 0 Å². The fourth-order valence-electron chi connectivity index (χ4n) is 2.45. The van der Waals surface area contributed by atoms with E-state index in [0.717, 1.165) is 11.2 Å². The SMILES string of the molecule is CCn1c(C)c(C(N)C(=O)O)c2c(O)cccc21. The predicted molar refractivity (Wildman–Crippen MR) is 68.6 cm³/mol. The molecule has 1 heterocycles.